The van der Waals surface area contributed by atoms with Crippen LogP contribution in [-0.4, -0.2) is 77.3 Å². The second-order valence-corrected chi connectivity index (χ2v) is 4.66. The lowest BCUT2D eigenvalue weighted by Crippen LogP contribution is -2.46. The maximum Gasteiger partial charge on any atom is 0.332 e. The molecule has 1 rings (SSSR count). The number of aliphatic carboxylic acids is 1. The summed E-state index contributed by atoms with van der Waals surface area (Å²) in [6.07, 6.45) is 0.0287. The van der Waals surface area contributed by atoms with Gasteiger partial charge in [0.15, 0.2) is 6.10 Å². The molecule has 1 heterocycles. The van der Waals surface area contributed by atoms with Crippen LogP contribution in [0.25, 0.3) is 0 Å². The van der Waals surface area contributed by atoms with Gasteiger partial charge in [-0.05, 0) is 12.8 Å². The summed E-state index contributed by atoms with van der Waals surface area (Å²) in [7, 11) is 0. The Morgan fingerprint density at radius 2 is 2.00 bits per heavy atom. The van der Waals surface area contributed by atoms with E-state index in [2.05, 4.69) is 5.32 Å². The molecule has 8 heteroatoms. The Morgan fingerprint density at radius 3 is 2.55 bits per heavy atom. The van der Waals surface area contributed by atoms with Gasteiger partial charge in [-0.15, -0.1) is 0 Å². The minimum Gasteiger partial charge on any atom is -0.479 e. The predicted molar refractivity (Wildman–Crippen MR) is 69.3 cm³/mol. The smallest absolute Gasteiger partial charge is 0.332 e. The van der Waals surface area contributed by atoms with Crippen LogP contribution in [0.3, 0.4) is 0 Å². The van der Waals surface area contributed by atoms with Crippen molar-refractivity contribution in [2.24, 2.45) is 0 Å². The number of carbonyl (C=O) groups excluding carboxylic acids is 1. The molecule has 1 unspecified atom stereocenters. The predicted octanol–water partition coefficient (Wildman–Crippen LogP) is -0.995. The summed E-state index contributed by atoms with van der Waals surface area (Å²) in [4.78, 5) is 23.8. The van der Waals surface area contributed by atoms with Gasteiger partial charge in [-0.25, -0.2) is 9.59 Å². The van der Waals surface area contributed by atoms with Crippen LogP contribution in [0, 0.1) is 0 Å². The summed E-state index contributed by atoms with van der Waals surface area (Å²) in [6, 6.07) is -0.261. The highest BCUT2D eigenvalue weighted by Gasteiger charge is 2.23. The third-order valence-electron chi connectivity index (χ3n) is 3.15. The fraction of sp³-hybridized carbons (Fsp3) is 0.833. The van der Waals surface area contributed by atoms with E-state index in [0.717, 1.165) is 0 Å². The van der Waals surface area contributed by atoms with E-state index in [9.17, 15) is 9.59 Å². The summed E-state index contributed by atoms with van der Waals surface area (Å²) >= 11 is 0. The molecule has 0 radical (unpaired) electrons. The van der Waals surface area contributed by atoms with Crippen LogP contribution >= 0.6 is 0 Å². The van der Waals surface area contributed by atoms with Gasteiger partial charge in [0.1, 0.15) is 0 Å². The number of aliphatic hydroxyl groups excluding tert-OH is 2. The Bertz CT molecular complexity index is 317. The van der Waals surface area contributed by atoms with E-state index in [0.29, 0.717) is 32.5 Å². The van der Waals surface area contributed by atoms with E-state index in [-0.39, 0.29) is 31.7 Å². The number of hydrogen-bond donors (Lipinski definition) is 4. The molecule has 20 heavy (non-hydrogen) atoms. The largest absolute Gasteiger partial charge is 0.479 e. The molecule has 1 saturated heterocycles. The lowest BCUT2D eigenvalue weighted by Gasteiger charge is -2.31. The zero-order chi connectivity index (χ0) is 15.0. The van der Waals surface area contributed by atoms with Crippen molar-refractivity contribution < 1.29 is 29.6 Å². The van der Waals surface area contributed by atoms with Crippen LogP contribution in [-0.2, 0) is 9.53 Å². The standard InChI is InChI=1S/C12H22N2O6/c15-7-8-20-9-2-5-14(6-3-9)12(19)13-4-1-10(16)11(17)18/h9-10,15-16H,1-8H2,(H,13,19)(H,17,18). The molecule has 1 aliphatic heterocycles. The third-order valence-corrected chi connectivity index (χ3v) is 3.15. The number of hydrogen-bond acceptors (Lipinski definition) is 5. The van der Waals surface area contributed by atoms with Crippen molar-refractivity contribution in [2.45, 2.75) is 31.5 Å². The normalized spacial score (nSPS) is 17.8. The van der Waals surface area contributed by atoms with Crippen molar-refractivity contribution in [3.05, 3.63) is 0 Å². The first kappa shape index (κ1) is 16.7. The average Bonchev–Trinajstić information content (AvgIpc) is 2.45. The number of carboxylic acid groups (broad SMARTS) is 1. The highest BCUT2D eigenvalue weighted by molar-refractivity contribution is 5.74. The van der Waals surface area contributed by atoms with Crippen molar-refractivity contribution in [1.82, 2.24) is 10.2 Å². The van der Waals surface area contributed by atoms with Gasteiger partial charge in [-0.3, -0.25) is 0 Å². The molecular formula is C12H22N2O6. The van der Waals surface area contributed by atoms with Gasteiger partial charge >= 0.3 is 12.0 Å². The Hall–Kier alpha value is -1.38. The summed E-state index contributed by atoms with van der Waals surface area (Å²) in [5.41, 5.74) is 0. The molecule has 0 bridgehead atoms. The summed E-state index contributed by atoms with van der Waals surface area (Å²) in [5.74, 6) is -1.29. The number of amides is 2. The summed E-state index contributed by atoms with van der Waals surface area (Å²) in [5, 5.41) is 28.8. The number of nitrogens with zero attached hydrogens (tertiary/aromatic N) is 1. The molecule has 1 aliphatic rings. The van der Waals surface area contributed by atoms with Crippen molar-refractivity contribution in [3.8, 4) is 0 Å². The lowest BCUT2D eigenvalue weighted by atomic mass is 10.1. The highest BCUT2D eigenvalue weighted by atomic mass is 16.5. The zero-order valence-electron chi connectivity index (χ0n) is 11.3. The van der Waals surface area contributed by atoms with Crippen LogP contribution in [0.4, 0.5) is 4.79 Å². The Balaban J connectivity index is 2.17. The maximum absolute atomic E-state index is 11.8. The van der Waals surface area contributed by atoms with Crippen molar-refractivity contribution in [1.29, 1.82) is 0 Å². The average molecular weight is 290 g/mol. The molecule has 0 aromatic carbocycles. The topological polar surface area (TPSA) is 119 Å². The van der Waals surface area contributed by atoms with Gasteiger partial charge in [0.25, 0.3) is 0 Å². The molecule has 0 aliphatic carbocycles. The van der Waals surface area contributed by atoms with E-state index in [1.54, 1.807) is 4.90 Å². The second kappa shape index (κ2) is 8.72. The van der Waals surface area contributed by atoms with Crippen molar-refractivity contribution >= 4 is 12.0 Å². The quantitative estimate of drug-likeness (QED) is 0.478. The van der Waals surface area contributed by atoms with E-state index in [4.69, 9.17) is 20.1 Å². The van der Waals surface area contributed by atoms with Gasteiger partial charge in [0.05, 0.1) is 19.3 Å². The van der Waals surface area contributed by atoms with Crippen molar-refractivity contribution in [2.75, 3.05) is 32.8 Å². The molecule has 0 saturated carbocycles. The van der Waals surface area contributed by atoms with Gasteiger partial charge in [0.2, 0.25) is 0 Å². The van der Waals surface area contributed by atoms with E-state index in [1.807, 2.05) is 0 Å². The maximum atomic E-state index is 11.8. The Labute approximate surface area is 117 Å². The number of carboxylic acids is 1. The third kappa shape index (κ3) is 5.72. The molecule has 116 valence electrons. The van der Waals surface area contributed by atoms with Crippen molar-refractivity contribution in [3.63, 3.8) is 0 Å². The molecule has 4 N–H and O–H groups in total. The van der Waals surface area contributed by atoms with Crippen LogP contribution in [0.2, 0.25) is 0 Å². The number of piperidine rings is 1. The van der Waals surface area contributed by atoms with Gasteiger partial charge in [-0.1, -0.05) is 0 Å². The minimum atomic E-state index is -1.45. The lowest BCUT2D eigenvalue weighted by molar-refractivity contribution is -0.146. The summed E-state index contributed by atoms with van der Waals surface area (Å²) < 4.78 is 5.39. The van der Waals surface area contributed by atoms with Crippen LogP contribution in [0.5, 0.6) is 0 Å². The van der Waals surface area contributed by atoms with E-state index < -0.39 is 12.1 Å². The highest BCUT2D eigenvalue weighted by Crippen LogP contribution is 2.13. The van der Waals surface area contributed by atoms with E-state index in [1.165, 1.54) is 0 Å². The molecular weight excluding hydrogens is 268 g/mol. The van der Waals surface area contributed by atoms with Crippen LogP contribution in [0.15, 0.2) is 0 Å². The number of nitrogens with one attached hydrogen (secondary N) is 1. The Morgan fingerprint density at radius 1 is 1.35 bits per heavy atom. The van der Waals surface area contributed by atoms with Gasteiger partial charge in [0, 0.05) is 26.1 Å². The van der Waals surface area contributed by atoms with Crippen LogP contribution in [0.1, 0.15) is 19.3 Å². The summed E-state index contributed by atoms with van der Waals surface area (Å²) in [6.45, 7) is 1.54. The fourth-order valence-electron chi connectivity index (χ4n) is 2.00. The second-order valence-electron chi connectivity index (χ2n) is 4.66. The number of urea groups is 1. The first-order valence-electron chi connectivity index (χ1n) is 6.70. The zero-order valence-corrected chi connectivity index (χ0v) is 11.3. The number of likely N-dealkylation sites (tertiary alicyclic amines) is 1. The van der Waals surface area contributed by atoms with Crippen LogP contribution < -0.4 is 5.32 Å². The van der Waals surface area contributed by atoms with Gasteiger partial charge in [-0.2, -0.15) is 0 Å². The molecule has 0 spiro atoms. The molecule has 0 aromatic rings. The Kier molecular flexibility index (Phi) is 7.27. The molecule has 0 aromatic heterocycles. The fourth-order valence-corrected chi connectivity index (χ4v) is 2.00. The molecule has 1 fully saturated rings. The number of ether oxygens (including phenoxy) is 1. The SMILES string of the molecule is O=C(O)C(O)CCNC(=O)N1CCC(OCCO)CC1. The number of aliphatic hydroxyl groups is 2. The number of carbonyl (C=O) groups is 2. The minimum absolute atomic E-state index is 0.00734. The molecule has 1 atom stereocenters. The first-order valence-corrected chi connectivity index (χ1v) is 6.70. The van der Waals surface area contributed by atoms with Gasteiger partial charge < -0.3 is 30.3 Å². The van der Waals surface area contributed by atoms with E-state index >= 15 is 0 Å². The molecule has 2 amide bonds. The first-order chi connectivity index (χ1) is 9.54. The number of rotatable bonds is 7. The monoisotopic (exact) mass is 290 g/mol. The molecule has 8 nitrogen and oxygen atoms in total.